The van der Waals surface area contributed by atoms with Crippen molar-refractivity contribution in [3.05, 3.63) is 57.2 Å². The Morgan fingerprint density at radius 3 is 2.43 bits per heavy atom. The lowest BCUT2D eigenvalue weighted by molar-refractivity contribution is -0.388. The third-order valence-corrected chi connectivity index (χ3v) is 6.88. The van der Waals surface area contributed by atoms with Crippen LogP contribution in [0.5, 0.6) is 0 Å². The van der Waals surface area contributed by atoms with Crippen LogP contribution < -0.4 is 10.2 Å². The zero-order chi connectivity index (χ0) is 26.6. The predicted molar refractivity (Wildman–Crippen MR) is 132 cm³/mol. The summed E-state index contributed by atoms with van der Waals surface area (Å²) >= 11 is 5.88. The van der Waals surface area contributed by atoms with Crippen LogP contribution in [0.4, 0.5) is 30.4 Å². The summed E-state index contributed by atoms with van der Waals surface area (Å²) < 4.78 is 45.5. The summed E-state index contributed by atoms with van der Waals surface area (Å²) in [5.74, 6) is 0.746. The maximum Gasteiger partial charge on any atom is 0.423 e. The fourth-order valence-electron chi connectivity index (χ4n) is 4.64. The van der Waals surface area contributed by atoms with E-state index in [0.29, 0.717) is 56.9 Å². The number of ether oxygens (including phenoxy) is 1. The second-order valence-corrected chi connectivity index (χ2v) is 9.55. The highest BCUT2D eigenvalue weighted by atomic mass is 35.5. The molecule has 1 aromatic heterocycles. The third-order valence-electron chi connectivity index (χ3n) is 6.65. The van der Waals surface area contributed by atoms with Gasteiger partial charge in [-0.25, -0.2) is 4.98 Å². The number of hydrogen-bond acceptors (Lipinski definition) is 7. The quantitative estimate of drug-likeness (QED) is 0.399. The maximum absolute atomic E-state index is 13.2. The van der Waals surface area contributed by atoms with Crippen molar-refractivity contribution in [1.82, 2.24) is 9.88 Å². The van der Waals surface area contributed by atoms with Gasteiger partial charge in [0, 0.05) is 50.2 Å². The molecule has 0 bridgehead atoms. The van der Waals surface area contributed by atoms with Gasteiger partial charge in [0.25, 0.3) is 5.69 Å². The number of nitrogens with one attached hydrogen (secondary N) is 1. The van der Waals surface area contributed by atoms with Crippen molar-refractivity contribution in [2.45, 2.75) is 44.0 Å². The molecule has 2 aliphatic rings. The van der Waals surface area contributed by atoms with Crippen molar-refractivity contribution >= 4 is 34.7 Å². The Morgan fingerprint density at radius 2 is 1.84 bits per heavy atom. The van der Waals surface area contributed by atoms with Crippen molar-refractivity contribution in [3.8, 4) is 0 Å². The molecule has 1 amide bonds. The van der Waals surface area contributed by atoms with Crippen LogP contribution in [0.1, 0.15) is 31.2 Å². The number of halogens is 4. The largest absolute Gasteiger partial charge is 0.423 e. The summed E-state index contributed by atoms with van der Waals surface area (Å²) in [7, 11) is 0. The van der Waals surface area contributed by atoms with Gasteiger partial charge < -0.3 is 19.9 Å². The molecule has 2 heterocycles. The molecule has 1 aromatic carbocycles. The zero-order valence-electron chi connectivity index (χ0n) is 19.9. The molecule has 0 radical (unpaired) electrons. The number of anilines is 2. The van der Waals surface area contributed by atoms with Gasteiger partial charge in [-0.15, -0.1) is 0 Å². The molecule has 1 saturated carbocycles. The molecule has 13 heteroatoms. The number of carbonyl (C=O) groups is 1. The number of nitro groups is 1. The third kappa shape index (κ3) is 7.01. The van der Waals surface area contributed by atoms with E-state index in [1.165, 1.54) is 6.07 Å². The first kappa shape index (κ1) is 26.9. The summed E-state index contributed by atoms with van der Waals surface area (Å²) in [6, 6.07) is 6.49. The second kappa shape index (κ2) is 11.5. The first-order valence-electron chi connectivity index (χ1n) is 12.0. The van der Waals surface area contributed by atoms with Gasteiger partial charge in [0.05, 0.1) is 16.0 Å². The SMILES string of the molecule is O=C(CO[C@H]1CC[C@H](Nc2ccc([N+](=O)[O-])c(C(F)(F)F)c2)CC1)N1CCN(c2ccc(Cl)cn2)CC1. The van der Waals surface area contributed by atoms with Crippen LogP contribution in [-0.4, -0.2) is 65.6 Å². The van der Waals surface area contributed by atoms with E-state index in [9.17, 15) is 28.1 Å². The number of aromatic nitrogens is 1. The minimum atomic E-state index is -4.82. The highest BCUT2D eigenvalue weighted by Gasteiger charge is 2.38. The van der Waals surface area contributed by atoms with Gasteiger partial charge in [-0.2, -0.15) is 13.2 Å². The topological polar surface area (TPSA) is 101 Å². The number of nitrogens with zero attached hydrogens (tertiary/aromatic N) is 4. The smallest absolute Gasteiger partial charge is 0.382 e. The first-order chi connectivity index (χ1) is 17.6. The molecule has 1 aliphatic carbocycles. The second-order valence-electron chi connectivity index (χ2n) is 9.12. The summed E-state index contributed by atoms with van der Waals surface area (Å²) in [6.07, 6.45) is -0.742. The first-order valence-corrected chi connectivity index (χ1v) is 12.4. The molecule has 1 aliphatic heterocycles. The molecule has 9 nitrogen and oxygen atoms in total. The zero-order valence-corrected chi connectivity index (χ0v) is 20.7. The molecular formula is C24H27ClF3N5O4. The number of piperazine rings is 1. The molecule has 4 rings (SSSR count). The molecule has 200 valence electrons. The van der Waals surface area contributed by atoms with Gasteiger partial charge in [-0.05, 0) is 49.9 Å². The summed E-state index contributed by atoms with van der Waals surface area (Å²) in [5, 5.41) is 14.6. The van der Waals surface area contributed by atoms with Crippen LogP contribution in [-0.2, 0) is 15.7 Å². The van der Waals surface area contributed by atoms with E-state index in [1.54, 1.807) is 17.2 Å². The molecule has 2 fully saturated rings. The minimum absolute atomic E-state index is 0.0146. The number of benzene rings is 1. The number of pyridine rings is 1. The van der Waals surface area contributed by atoms with Crippen molar-refractivity contribution in [3.63, 3.8) is 0 Å². The van der Waals surface area contributed by atoms with Gasteiger partial charge in [0.2, 0.25) is 5.91 Å². The lowest BCUT2D eigenvalue weighted by Crippen LogP contribution is -2.50. The molecule has 37 heavy (non-hydrogen) atoms. The lowest BCUT2D eigenvalue weighted by Gasteiger charge is -2.36. The van der Waals surface area contributed by atoms with Crippen molar-refractivity contribution in [2.75, 3.05) is 43.0 Å². The monoisotopic (exact) mass is 541 g/mol. The molecule has 0 atom stereocenters. The molecule has 1 saturated heterocycles. The van der Waals surface area contributed by atoms with Gasteiger partial charge in [-0.1, -0.05) is 11.6 Å². The van der Waals surface area contributed by atoms with Gasteiger partial charge >= 0.3 is 6.18 Å². The van der Waals surface area contributed by atoms with Gasteiger partial charge in [-0.3, -0.25) is 14.9 Å². The van der Waals surface area contributed by atoms with Crippen LogP contribution in [0.25, 0.3) is 0 Å². The fraction of sp³-hybridized carbons (Fsp3) is 0.500. The van der Waals surface area contributed by atoms with Crippen LogP contribution in [0, 0.1) is 10.1 Å². The van der Waals surface area contributed by atoms with Crippen LogP contribution in [0.15, 0.2) is 36.5 Å². The van der Waals surface area contributed by atoms with E-state index >= 15 is 0 Å². The maximum atomic E-state index is 13.2. The minimum Gasteiger partial charge on any atom is -0.382 e. The molecular weight excluding hydrogens is 515 g/mol. The van der Waals surface area contributed by atoms with Crippen LogP contribution in [0.2, 0.25) is 5.02 Å². The Balaban J connectivity index is 1.20. The highest BCUT2D eigenvalue weighted by molar-refractivity contribution is 6.30. The summed E-state index contributed by atoms with van der Waals surface area (Å²) in [4.78, 5) is 30.7. The molecule has 2 aromatic rings. The number of hydrogen-bond donors (Lipinski definition) is 1. The Kier molecular flexibility index (Phi) is 8.38. The van der Waals surface area contributed by atoms with E-state index in [1.807, 2.05) is 6.07 Å². The summed E-state index contributed by atoms with van der Waals surface area (Å²) in [5.41, 5.74) is -2.06. The van der Waals surface area contributed by atoms with E-state index in [2.05, 4.69) is 15.2 Å². The average molecular weight is 542 g/mol. The van der Waals surface area contributed by atoms with Crippen molar-refractivity contribution in [1.29, 1.82) is 0 Å². The number of rotatable bonds is 7. The van der Waals surface area contributed by atoms with Crippen molar-refractivity contribution < 1.29 is 27.6 Å². The Morgan fingerprint density at radius 1 is 1.14 bits per heavy atom. The Bertz CT molecular complexity index is 1100. The molecule has 0 unspecified atom stereocenters. The highest BCUT2D eigenvalue weighted by Crippen LogP contribution is 2.38. The summed E-state index contributed by atoms with van der Waals surface area (Å²) in [6.45, 7) is 2.45. The number of nitro benzene ring substituents is 1. The van der Waals surface area contributed by atoms with Gasteiger partial charge in [0.1, 0.15) is 18.0 Å². The van der Waals surface area contributed by atoms with Crippen LogP contribution in [0.3, 0.4) is 0 Å². The van der Waals surface area contributed by atoms with E-state index in [4.69, 9.17) is 16.3 Å². The van der Waals surface area contributed by atoms with Crippen LogP contribution >= 0.6 is 11.6 Å². The van der Waals surface area contributed by atoms with E-state index in [0.717, 1.165) is 18.0 Å². The van der Waals surface area contributed by atoms with E-state index < -0.39 is 22.4 Å². The molecule has 1 N–H and O–H groups in total. The molecule has 0 spiro atoms. The Hall–Kier alpha value is -3.12. The number of carbonyl (C=O) groups excluding carboxylic acids is 1. The van der Waals surface area contributed by atoms with E-state index in [-0.39, 0.29) is 30.3 Å². The predicted octanol–water partition coefficient (Wildman–Crippen LogP) is 4.75. The standard InChI is InChI=1S/C24H27ClF3N5O4/c25-16-1-8-22(29-14-16)31-9-11-32(12-10-31)23(34)15-37-19-5-2-17(3-6-19)30-18-4-7-21(33(35)36)20(13-18)24(26,27)28/h1,4,7-8,13-14,17,19,30H,2-3,5-6,9-12,15H2/t17-,19-. The van der Waals surface area contributed by atoms with Gasteiger partial charge in [0.15, 0.2) is 0 Å². The lowest BCUT2D eigenvalue weighted by atomic mass is 9.92. The Labute approximate surface area is 216 Å². The van der Waals surface area contributed by atoms with Crippen molar-refractivity contribution in [2.24, 2.45) is 0 Å². The average Bonchev–Trinajstić information content (AvgIpc) is 2.88. The number of amides is 1. The number of alkyl halides is 3. The normalized spacial score (nSPS) is 20.5. The fourth-order valence-corrected chi connectivity index (χ4v) is 4.75.